The molecule has 8 heteroatoms. The summed E-state index contributed by atoms with van der Waals surface area (Å²) in [5.74, 6) is 1.34. The van der Waals surface area contributed by atoms with Gasteiger partial charge in [-0.05, 0) is 25.2 Å². The monoisotopic (exact) mass is 500 g/mol. The van der Waals surface area contributed by atoms with E-state index in [0.29, 0.717) is 32.2 Å². The molecule has 3 heterocycles. The Morgan fingerprint density at radius 2 is 1.78 bits per heavy atom. The molecule has 1 N–H and O–H groups in total. The molecule has 4 rings (SSSR count). The van der Waals surface area contributed by atoms with E-state index in [4.69, 9.17) is 14.0 Å². The van der Waals surface area contributed by atoms with E-state index in [9.17, 15) is 5.11 Å². The number of hydrogen-bond donors (Lipinski definition) is 1. The fourth-order valence-electron chi connectivity index (χ4n) is 4.97. The fourth-order valence-corrected chi connectivity index (χ4v) is 4.97. The van der Waals surface area contributed by atoms with Crippen molar-refractivity contribution in [1.82, 2.24) is 15.0 Å². The summed E-state index contributed by atoms with van der Waals surface area (Å²) >= 11 is 0. The number of rotatable bonds is 13. The molecule has 2 saturated heterocycles. The van der Waals surface area contributed by atoms with Gasteiger partial charge in [-0.15, -0.1) is 0 Å². The Labute approximate surface area is 216 Å². The van der Waals surface area contributed by atoms with E-state index in [1.165, 1.54) is 19.3 Å². The third kappa shape index (κ3) is 8.02. The van der Waals surface area contributed by atoms with Gasteiger partial charge >= 0.3 is 0 Å². The van der Waals surface area contributed by atoms with E-state index in [2.05, 4.69) is 45.8 Å². The minimum absolute atomic E-state index is 0.348. The molecule has 1 aromatic heterocycles. The highest BCUT2D eigenvalue weighted by atomic mass is 16.5. The molecule has 0 saturated carbocycles. The molecule has 36 heavy (non-hydrogen) atoms. The number of piperidine rings is 1. The van der Waals surface area contributed by atoms with Gasteiger partial charge in [-0.1, -0.05) is 49.3 Å². The first-order valence-corrected chi connectivity index (χ1v) is 13.7. The standard InChI is InChI=1S/C28H44N4O4/c1-23(2)21-35-22-25(33)19-31(14-13-30-15-17-34-18-16-30)20-26-27(24-9-5-3-6-10-24)29-36-28(26)32-11-7-4-8-12-32/h3,5-6,9-10,23,25,33H,4,7-8,11-22H2,1-2H3. The van der Waals surface area contributed by atoms with Crippen LogP contribution in [-0.2, 0) is 16.0 Å². The summed E-state index contributed by atoms with van der Waals surface area (Å²) in [5, 5.41) is 15.4. The zero-order valence-corrected chi connectivity index (χ0v) is 22.1. The van der Waals surface area contributed by atoms with Gasteiger partial charge in [0.05, 0.1) is 31.5 Å². The summed E-state index contributed by atoms with van der Waals surface area (Å²) in [4.78, 5) is 7.13. The lowest BCUT2D eigenvalue weighted by Gasteiger charge is -2.32. The van der Waals surface area contributed by atoms with Gasteiger partial charge in [0.15, 0.2) is 0 Å². The highest BCUT2D eigenvalue weighted by Gasteiger charge is 2.26. The van der Waals surface area contributed by atoms with Gasteiger partial charge in [0, 0.05) is 64.5 Å². The summed E-state index contributed by atoms with van der Waals surface area (Å²) in [6.45, 7) is 13.7. The van der Waals surface area contributed by atoms with Crippen molar-refractivity contribution >= 4 is 5.88 Å². The molecular formula is C28H44N4O4. The van der Waals surface area contributed by atoms with Crippen LogP contribution in [0.25, 0.3) is 11.3 Å². The number of aliphatic hydroxyl groups excluding tert-OH is 1. The number of anilines is 1. The predicted octanol–water partition coefficient (Wildman–Crippen LogP) is 3.50. The lowest BCUT2D eigenvalue weighted by Crippen LogP contribution is -2.43. The van der Waals surface area contributed by atoms with Gasteiger partial charge < -0.3 is 24.0 Å². The summed E-state index contributed by atoms with van der Waals surface area (Å²) in [5.41, 5.74) is 3.08. The maximum absolute atomic E-state index is 10.9. The number of aliphatic hydroxyl groups is 1. The minimum atomic E-state index is -0.549. The average molecular weight is 501 g/mol. The average Bonchev–Trinajstić information content (AvgIpc) is 3.32. The van der Waals surface area contributed by atoms with E-state index in [1.807, 2.05) is 18.2 Å². The smallest absolute Gasteiger partial charge is 0.232 e. The molecule has 8 nitrogen and oxygen atoms in total. The molecule has 0 amide bonds. The SMILES string of the molecule is CC(C)COCC(O)CN(CCN1CCOCC1)Cc1c(-c2ccccc2)noc1N1CCCCC1. The molecule has 0 radical (unpaired) electrons. The topological polar surface area (TPSA) is 74.4 Å². The van der Waals surface area contributed by atoms with Crippen molar-refractivity contribution in [3.63, 3.8) is 0 Å². The Morgan fingerprint density at radius 3 is 2.50 bits per heavy atom. The molecule has 2 aliphatic heterocycles. The predicted molar refractivity (Wildman–Crippen MR) is 142 cm³/mol. The van der Waals surface area contributed by atoms with Gasteiger partial charge in [-0.2, -0.15) is 0 Å². The summed E-state index contributed by atoms with van der Waals surface area (Å²) in [7, 11) is 0. The molecule has 2 aliphatic rings. The molecule has 1 aromatic carbocycles. The van der Waals surface area contributed by atoms with Crippen molar-refractivity contribution in [3.8, 4) is 11.3 Å². The molecule has 0 aliphatic carbocycles. The van der Waals surface area contributed by atoms with E-state index in [-0.39, 0.29) is 0 Å². The van der Waals surface area contributed by atoms with Gasteiger partial charge in [0.2, 0.25) is 5.88 Å². The Hall–Kier alpha value is -1.97. The quantitative estimate of drug-likeness (QED) is 0.448. The van der Waals surface area contributed by atoms with Crippen LogP contribution in [0.2, 0.25) is 0 Å². The first-order chi connectivity index (χ1) is 17.6. The molecular weight excluding hydrogens is 456 g/mol. The van der Waals surface area contributed by atoms with Crippen LogP contribution < -0.4 is 4.90 Å². The Balaban J connectivity index is 1.53. The van der Waals surface area contributed by atoms with Crippen molar-refractivity contribution in [3.05, 3.63) is 35.9 Å². The summed E-state index contributed by atoms with van der Waals surface area (Å²) in [6.07, 6.45) is 3.06. The molecule has 0 bridgehead atoms. The van der Waals surface area contributed by atoms with Crippen LogP contribution >= 0.6 is 0 Å². The second-order valence-corrected chi connectivity index (χ2v) is 10.5. The maximum Gasteiger partial charge on any atom is 0.232 e. The minimum Gasteiger partial charge on any atom is -0.389 e. The van der Waals surface area contributed by atoms with Crippen molar-refractivity contribution in [2.24, 2.45) is 5.92 Å². The van der Waals surface area contributed by atoms with Gasteiger partial charge in [0.25, 0.3) is 0 Å². The van der Waals surface area contributed by atoms with Crippen LogP contribution in [0.4, 0.5) is 5.88 Å². The second-order valence-electron chi connectivity index (χ2n) is 10.5. The first-order valence-electron chi connectivity index (χ1n) is 13.7. The molecule has 0 spiro atoms. The molecule has 200 valence electrons. The third-order valence-corrected chi connectivity index (χ3v) is 6.91. The normalized spacial score (nSPS) is 18.3. The van der Waals surface area contributed by atoms with E-state index in [1.54, 1.807) is 0 Å². The second kappa shape index (κ2) is 14.1. The fraction of sp³-hybridized carbons (Fsp3) is 0.679. The maximum atomic E-state index is 10.9. The van der Waals surface area contributed by atoms with Gasteiger partial charge in [-0.3, -0.25) is 9.80 Å². The zero-order valence-electron chi connectivity index (χ0n) is 22.1. The molecule has 2 fully saturated rings. The number of ether oxygens (including phenoxy) is 2. The van der Waals surface area contributed by atoms with Gasteiger partial charge in [0.1, 0.15) is 5.69 Å². The number of benzene rings is 1. The Kier molecular flexibility index (Phi) is 10.6. The van der Waals surface area contributed by atoms with Crippen molar-refractivity contribution < 1.29 is 19.1 Å². The third-order valence-electron chi connectivity index (χ3n) is 6.91. The highest BCUT2D eigenvalue weighted by molar-refractivity contribution is 5.68. The Bertz CT molecular complexity index is 879. The highest BCUT2D eigenvalue weighted by Crippen LogP contribution is 2.34. The number of nitrogens with zero attached hydrogens (tertiary/aromatic N) is 4. The van der Waals surface area contributed by atoms with E-state index < -0.39 is 6.10 Å². The van der Waals surface area contributed by atoms with Crippen LogP contribution in [0.5, 0.6) is 0 Å². The largest absolute Gasteiger partial charge is 0.389 e. The Morgan fingerprint density at radius 1 is 1.03 bits per heavy atom. The summed E-state index contributed by atoms with van der Waals surface area (Å²) in [6, 6.07) is 10.3. The lowest BCUT2D eigenvalue weighted by atomic mass is 10.1. The van der Waals surface area contributed by atoms with Crippen LogP contribution in [-0.4, -0.2) is 98.4 Å². The van der Waals surface area contributed by atoms with Crippen molar-refractivity contribution in [1.29, 1.82) is 0 Å². The molecule has 1 atom stereocenters. The first kappa shape index (κ1) is 27.1. The van der Waals surface area contributed by atoms with Crippen LogP contribution in [0, 0.1) is 5.92 Å². The molecule has 1 unspecified atom stereocenters. The number of morpholine rings is 1. The zero-order chi connectivity index (χ0) is 25.2. The summed E-state index contributed by atoms with van der Waals surface area (Å²) < 4.78 is 17.3. The molecule has 2 aromatic rings. The van der Waals surface area contributed by atoms with E-state index in [0.717, 1.165) is 75.2 Å². The van der Waals surface area contributed by atoms with Crippen LogP contribution in [0.15, 0.2) is 34.9 Å². The van der Waals surface area contributed by atoms with E-state index >= 15 is 0 Å². The van der Waals surface area contributed by atoms with Crippen LogP contribution in [0.3, 0.4) is 0 Å². The van der Waals surface area contributed by atoms with Gasteiger partial charge in [-0.25, -0.2) is 0 Å². The number of hydrogen-bond acceptors (Lipinski definition) is 8. The lowest BCUT2D eigenvalue weighted by molar-refractivity contribution is 0.000976. The van der Waals surface area contributed by atoms with Crippen molar-refractivity contribution in [2.75, 3.05) is 77.1 Å². The van der Waals surface area contributed by atoms with Crippen molar-refractivity contribution in [2.45, 2.75) is 45.8 Å². The number of aromatic nitrogens is 1. The van der Waals surface area contributed by atoms with Crippen LogP contribution in [0.1, 0.15) is 38.7 Å².